The maximum Gasteiger partial charge on any atom is 0.468 e. The Morgan fingerprint density at radius 1 is 1.52 bits per heavy atom. The third-order valence-electron chi connectivity index (χ3n) is 3.14. The SMILES string of the molecule is CCc1c(C)n(-c2cccc([N+](=O)[O-])c2)c(=S)[s+]1C(=O)O. The van der Waals surface area contributed by atoms with E-state index in [1.807, 2.05) is 6.92 Å². The molecule has 6 nitrogen and oxygen atoms in total. The van der Waals surface area contributed by atoms with E-state index in [1.165, 1.54) is 12.1 Å². The van der Waals surface area contributed by atoms with Crippen LogP contribution in [0.5, 0.6) is 0 Å². The molecule has 21 heavy (non-hydrogen) atoms. The van der Waals surface area contributed by atoms with Crippen molar-refractivity contribution in [2.45, 2.75) is 20.3 Å². The highest BCUT2D eigenvalue weighted by molar-refractivity contribution is 7.76. The molecule has 1 unspecified atom stereocenters. The number of hydrogen-bond donors (Lipinski definition) is 1. The average molecular weight is 325 g/mol. The molecule has 2 aromatic rings. The Labute approximate surface area is 128 Å². The second kappa shape index (κ2) is 5.74. The number of non-ortho nitro benzene ring substituents is 1. The van der Waals surface area contributed by atoms with Gasteiger partial charge in [0, 0.05) is 12.1 Å². The van der Waals surface area contributed by atoms with Crippen LogP contribution >= 0.6 is 22.7 Å². The Hall–Kier alpha value is -2.06. The molecule has 8 heteroatoms. The van der Waals surface area contributed by atoms with E-state index < -0.39 is 20.7 Å². The maximum absolute atomic E-state index is 11.4. The fraction of sp³-hybridized carbons (Fsp3) is 0.231. The van der Waals surface area contributed by atoms with Crippen LogP contribution < -0.4 is 0 Å². The van der Waals surface area contributed by atoms with Crippen LogP contribution in [-0.2, 0) is 6.42 Å². The highest BCUT2D eigenvalue weighted by atomic mass is 32.2. The largest absolute Gasteiger partial charge is 0.468 e. The smallest absolute Gasteiger partial charge is 0.455 e. The predicted octanol–water partition coefficient (Wildman–Crippen LogP) is 4.26. The lowest BCUT2D eigenvalue weighted by atomic mass is 10.2. The second-order valence-electron chi connectivity index (χ2n) is 4.31. The van der Waals surface area contributed by atoms with Gasteiger partial charge in [-0.3, -0.25) is 14.7 Å². The number of thiazole rings is 1. The van der Waals surface area contributed by atoms with Crippen LogP contribution in [0, 0.1) is 21.0 Å². The number of carbonyl (C=O) groups is 1. The summed E-state index contributed by atoms with van der Waals surface area (Å²) in [6.45, 7) is 3.67. The predicted molar refractivity (Wildman–Crippen MR) is 83.3 cm³/mol. The zero-order valence-corrected chi connectivity index (χ0v) is 13.0. The summed E-state index contributed by atoms with van der Waals surface area (Å²) >= 11 is 5.30. The molecule has 0 amide bonds. The average Bonchev–Trinajstić information content (AvgIpc) is 2.69. The number of benzene rings is 1. The van der Waals surface area contributed by atoms with Gasteiger partial charge >= 0.3 is 9.26 Å². The molecule has 1 aromatic heterocycles. The number of aromatic nitrogens is 1. The molecule has 2 rings (SSSR count). The molecule has 0 saturated heterocycles. The lowest BCUT2D eigenvalue weighted by Gasteiger charge is -2.03. The Morgan fingerprint density at radius 3 is 2.67 bits per heavy atom. The van der Waals surface area contributed by atoms with E-state index in [1.54, 1.807) is 23.6 Å². The van der Waals surface area contributed by atoms with Crippen molar-refractivity contribution in [3.63, 3.8) is 0 Å². The van der Waals surface area contributed by atoms with Crippen LogP contribution in [0.2, 0.25) is 0 Å². The summed E-state index contributed by atoms with van der Waals surface area (Å²) in [4.78, 5) is 22.6. The standard InChI is InChI=1S/C13H12N2O4S2/c1-3-11-8(2)14(12(20)21(11)13(16)17)9-5-4-6-10(7-9)15(18)19/h4-7H,3H2,1-2H3/p+1. The van der Waals surface area contributed by atoms with Crippen LogP contribution in [0.4, 0.5) is 10.5 Å². The first-order valence-electron chi connectivity index (χ1n) is 6.14. The van der Waals surface area contributed by atoms with Crippen molar-refractivity contribution in [2.75, 3.05) is 0 Å². The van der Waals surface area contributed by atoms with Gasteiger partial charge in [-0.2, -0.15) is 0 Å². The Bertz CT molecular complexity index is 792. The van der Waals surface area contributed by atoms with E-state index in [0.29, 0.717) is 12.1 Å². The van der Waals surface area contributed by atoms with Gasteiger partial charge in [-0.15, -0.1) is 0 Å². The van der Waals surface area contributed by atoms with E-state index in [9.17, 15) is 20.0 Å². The summed E-state index contributed by atoms with van der Waals surface area (Å²) < 4.78 is 1.90. The third-order valence-corrected chi connectivity index (χ3v) is 5.78. The van der Waals surface area contributed by atoms with E-state index >= 15 is 0 Å². The second-order valence-corrected chi connectivity index (χ2v) is 6.80. The van der Waals surface area contributed by atoms with Gasteiger partial charge in [0.05, 0.1) is 26.8 Å². The van der Waals surface area contributed by atoms with Gasteiger partial charge in [0.15, 0.2) is 0 Å². The van der Waals surface area contributed by atoms with Crippen molar-refractivity contribution < 1.29 is 14.8 Å². The first-order valence-corrected chi connectivity index (χ1v) is 7.77. The monoisotopic (exact) mass is 325 g/mol. The molecule has 0 aliphatic heterocycles. The molecule has 0 fully saturated rings. The minimum absolute atomic E-state index is 0.0525. The molecule has 0 bridgehead atoms. The van der Waals surface area contributed by atoms with Gasteiger partial charge < -0.3 is 5.11 Å². The van der Waals surface area contributed by atoms with E-state index in [2.05, 4.69) is 0 Å². The van der Waals surface area contributed by atoms with Gasteiger partial charge in [0.25, 0.3) is 17.9 Å². The first kappa shape index (κ1) is 15.3. The highest BCUT2D eigenvalue weighted by Crippen LogP contribution is 2.34. The van der Waals surface area contributed by atoms with Crippen LogP contribution in [0.1, 0.15) is 17.5 Å². The summed E-state index contributed by atoms with van der Waals surface area (Å²) in [5.41, 5.74) is 1.21. The van der Waals surface area contributed by atoms with Crippen LogP contribution in [0.25, 0.3) is 5.69 Å². The van der Waals surface area contributed by atoms with Crippen LogP contribution in [-0.4, -0.2) is 19.9 Å². The Kier molecular flexibility index (Phi) is 4.19. The van der Waals surface area contributed by atoms with Crippen molar-refractivity contribution in [3.05, 3.63) is 48.9 Å². The molecule has 1 atom stereocenters. The summed E-state index contributed by atoms with van der Waals surface area (Å²) in [6.07, 6.45) is 0.576. The van der Waals surface area contributed by atoms with Gasteiger partial charge in [-0.05, 0) is 19.4 Å². The van der Waals surface area contributed by atoms with Crippen LogP contribution in [0.3, 0.4) is 0 Å². The van der Waals surface area contributed by atoms with Crippen molar-refractivity contribution in [2.24, 2.45) is 0 Å². The number of nitro benzene ring substituents is 1. The van der Waals surface area contributed by atoms with Crippen molar-refractivity contribution >= 4 is 33.7 Å². The molecule has 0 radical (unpaired) electrons. The summed E-state index contributed by atoms with van der Waals surface area (Å²) in [6, 6.07) is 6.04. The van der Waals surface area contributed by atoms with Gasteiger partial charge in [-0.1, -0.05) is 13.0 Å². The molecule has 1 N–H and O–H groups in total. The minimum Gasteiger partial charge on any atom is -0.455 e. The Morgan fingerprint density at radius 2 is 2.19 bits per heavy atom. The molecule has 0 spiro atoms. The fourth-order valence-electron chi connectivity index (χ4n) is 2.23. The Balaban J connectivity index is 2.76. The summed E-state index contributed by atoms with van der Waals surface area (Å²) in [5, 5.41) is 19.3. The quantitative estimate of drug-likeness (QED) is 0.393. The zero-order chi connectivity index (χ0) is 15.7. The lowest BCUT2D eigenvalue weighted by Crippen LogP contribution is -1.98. The summed E-state index contributed by atoms with van der Waals surface area (Å²) in [5.74, 6) is 0. The van der Waals surface area contributed by atoms with E-state index in [-0.39, 0.29) is 9.64 Å². The molecule has 1 heterocycles. The maximum atomic E-state index is 11.4. The van der Waals surface area contributed by atoms with E-state index in [0.717, 1.165) is 10.6 Å². The topological polar surface area (TPSA) is 85.4 Å². The van der Waals surface area contributed by atoms with E-state index in [4.69, 9.17) is 12.2 Å². The van der Waals surface area contributed by atoms with Gasteiger partial charge in [0.2, 0.25) is 0 Å². The number of rotatable bonds is 4. The van der Waals surface area contributed by atoms with Crippen molar-refractivity contribution in [3.8, 4) is 5.69 Å². The highest BCUT2D eigenvalue weighted by Gasteiger charge is 2.28. The molecule has 0 aliphatic rings. The van der Waals surface area contributed by atoms with Gasteiger partial charge in [0.1, 0.15) is 4.88 Å². The lowest BCUT2D eigenvalue weighted by molar-refractivity contribution is -0.384. The minimum atomic E-state index is -1.16. The molecule has 0 aliphatic carbocycles. The molecule has 1 aromatic carbocycles. The zero-order valence-electron chi connectivity index (χ0n) is 11.4. The molecule has 110 valence electrons. The van der Waals surface area contributed by atoms with Crippen LogP contribution in [0.15, 0.2) is 24.3 Å². The third kappa shape index (κ3) is 2.59. The molecular weight excluding hydrogens is 312 g/mol. The molecular formula is C13H13N2O4S2+. The number of carboxylic acid groups (broad SMARTS) is 1. The van der Waals surface area contributed by atoms with Crippen molar-refractivity contribution in [1.29, 1.82) is 0 Å². The van der Waals surface area contributed by atoms with Crippen molar-refractivity contribution in [1.82, 2.24) is 4.57 Å². The normalized spacial score (nSPS) is 11.4. The van der Waals surface area contributed by atoms with Gasteiger partial charge in [-0.25, -0.2) is 4.79 Å². The summed E-state index contributed by atoms with van der Waals surface area (Å²) in [7, 11) is -1.16. The number of nitro groups is 1. The number of hydrogen-bond acceptors (Lipinski definition) is 4. The number of nitrogens with zero attached hydrogens (tertiary/aromatic N) is 2. The first-order chi connectivity index (χ1) is 9.88. The fourth-order valence-corrected chi connectivity index (χ4v) is 4.66. The molecule has 0 saturated carbocycles.